The number of carbonyl (C=O) groups is 2. The van der Waals surface area contributed by atoms with Gasteiger partial charge in [-0.25, -0.2) is 0 Å². The number of aryl methyl sites for hydroxylation is 1. The van der Waals surface area contributed by atoms with E-state index in [1.54, 1.807) is 12.2 Å². The van der Waals surface area contributed by atoms with Gasteiger partial charge in [0.25, 0.3) is 5.91 Å². The van der Waals surface area contributed by atoms with Gasteiger partial charge in [-0.3, -0.25) is 9.59 Å². The zero-order valence-corrected chi connectivity index (χ0v) is 11.0. The van der Waals surface area contributed by atoms with Crippen molar-refractivity contribution < 1.29 is 27.9 Å². The van der Waals surface area contributed by atoms with E-state index in [1.807, 2.05) is 0 Å². The van der Waals surface area contributed by atoms with Gasteiger partial charge >= 0.3 is 12.1 Å². The first-order valence-corrected chi connectivity index (χ1v) is 5.84. The topological polar surface area (TPSA) is 66.4 Å². The van der Waals surface area contributed by atoms with Gasteiger partial charge in [-0.1, -0.05) is 17.7 Å². The van der Waals surface area contributed by atoms with E-state index in [9.17, 15) is 22.8 Å². The normalized spacial score (nSPS) is 12.8. The fourth-order valence-corrected chi connectivity index (χ4v) is 1.58. The number of halogens is 4. The number of aliphatic carboxylic acids is 1. The molecule has 0 aliphatic rings. The highest BCUT2D eigenvalue weighted by atomic mass is 35.5. The highest BCUT2D eigenvalue weighted by Crippen LogP contribution is 2.23. The molecule has 0 aliphatic heterocycles. The molecule has 0 saturated carbocycles. The van der Waals surface area contributed by atoms with Gasteiger partial charge in [0.2, 0.25) is 0 Å². The molecule has 0 spiro atoms. The van der Waals surface area contributed by atoms with Crippen molar-refractivity contribution in [3.63, 3.8) is 0 Å². The summed E-state index contributed by atoms with van der Waals surface area (Å²) in [5.74, 6) is -2.69. The molecule has 1 aromatic rings. The summed E-state index contributed by atoms with van der Waals surface area (Å²) in [7, 11) is 0. The van der Waals surface area contributed by atoms with Crippen molar-refractivity contribution in [3.05, 3.63) is 34.3 Å². The Morgan fingerprint density at radius 2 is 2.00 bits per heavy atom. The van der Waals surface area contributed by atoms with Crippen LogP contribution in [0.2, 0.25) is 5.02 Å². The van der Waals surface area contributed by atoms with E-state index < -0.39 is 30.5 Å². The lowest BCUT2D eigenvalue weighted by molar-refractivity contribution is -0.165. The average Bonchev–Trinajstić information content (AvgIpc) is 2.30. The molecule has 1 amide bonds. The predicted octanol–water partition coefficient (Wildman–Crippen LogP) is 2.78. The maximum Gasteiger partial charge on any atom is 0.409 e. The third kappa shape index (κ3) is 4.41. The Kier molecular flexibility index (Phi) is 4.99. The molecule has 1 rings (SSSR count). The number of rotatable bonds is 4. The summed E-state index contributed by atoms with van der Waals surface area (Å²) in [6, 6.07) is 1.56. The van der Waals surface area contributed by atoms with Crippen LogP contribution in [-0.4, -0.2) is 29.2 Å². The highest BCUT2D eigenvalue weighted by molar-refractivity contribution is 6.31. The second-order valence-electron chi connectivity index (χ2n) is 4.13. The van der Waals surface area contributed by atoms with Gasteiger partial charge in [0, 0.05) is 10.6 Å². The van der Waals surface area contributed by atoms with Gasteiger partial charge in [0.05, 0.1) is 6.42 Å². The molecule has 0 aliphatic carbocycles. The van der Waals surface area contributed by atoms with Crippen LogP contribution in [0, 0.1) is 6.92 Å². The van der Waals surface area contributed by atoms with Crippen LogP contribution in [0.4, 0.5) is 13.2 Å². The van der Waals surface area contributed by atoms with Gasteiger partial charge in [-0.2, -0.15) is 13.2 Å². The van der Waals surface area contributed by atoms with Crippen molar-refractivity contribution in [2.45, 2.75) is 25.6 Å². The molecule has 0 saturated heterocycles. The molecule has 0 heterocycles. The SMILES string of the molecule is Cc1ccc(C(=O)NC(CC(=O)O)C(F)(F)F)cc1Cl. The molecule has 4 nitrogen and oxygen atoms in total. The maximum atomic E-state index is 12.6. The minimum atomic E-state index is -4.84. The number of alkyl halides is 3. The van der Waals surface area contributed by atoms with Crippen LogP contribution in [0.1, 0.15) is 22.3 Å². The zero-order chi connectivity index (χ0) is 15.5. The molecule has 1 aromatic carbocycles. The molecule has 0 aromatic heterocycles. The van der Waals surface area contributed by atoms with Crippen LogP contribution >= 0.6 is 11.6 Å². The molecule has 2 N–H and O–H groups in total. The number of amides is 1. The first-order chi connectivity index (χ1) is 9.11. The Bertz CT molecular complexity index is 531. The molecular weight excluding hydrogens is 299 g/mol. The minimum absolute atomic E-state index is 0.0692. The second kappa shape index (κ2) is 6.13. The standard InChI is InChI=1S/C12H11ClF3NO3/c1-6-2-3-7(4-8(6)13)11(20)17-9(5-10(18)19)12(14,15)16/h2-4,9H,5H2,1H3,(H,17,20)(H,18,19). The minimum Gasteiger partial charge on any atom is -0.481 e. The number of hydrogen-bond donors (Lipinski definition) is 2. The second-order valence-corrected chi connectivity index (χ2v) is 4.54. The summed E-state index contributed by atoms with van der Waals surface area (Å²) >= 11 is 5.77. The van der Waals surface area contributed by atoms with Crippen molar-refractivity contribution in [2.75, 3.05) is 0 Å². The summed E-state index contributed by atoms with van der Waals surface area (Å²) in [4.78, 5) is 22.1. The van der Waals surface area contributed by atoms with Crippen LogP contribution in [0.15, 0.2) is 18.2 Å². The molecule has 0 bridgehead atoms. The smallest absolute Gasteiger partial charge is 0.409 e. The lowest BCUT2D eigenvalue weighted by Crippen LogP contribution is -2.46. The zero-order valence-electron chi connectivity index (χ0n) is 10.3. The molecule has 110 valence electrons. The summed E-state index contributed by atoms with van der Waals surface area (Å²) in [6.45, 7) is 1.67. The lowest BCUT2D eigenvalue weighted by Gasteiger charge is -2.20. The summed E-state index contributed by atoms with van der Waals surface area (Å²) < 4.78 is 37.8. The van der Waals surface area contributed by atoms with Gasteiger partial charge in [0.1, 0.15) is 6.04 Å². The van der Waals surface area contributed by atoms with Crippen molar-refractivity contribution in [1.82, 2.24) is 5.32 Å². The Balaban J connectivity index is 2.90. The third-order valence-corrected chi connectivity index (χ3v) is 2.92. The first-order valence-electron chi connectivity index (χ1n) is 5.46. The Morgan fingerprint density at radius 1 is 1.40 bits per heavy atom. The molecule has 1 unspecified atom stereocenters. The quantitative estimate of drug-likeness (QED) is 0.898. The van der Waals surface area contributed by atoms with Gasteiger partial charge in [-0.15, -0.1) is 0 Å². The van der Waals surface area contributed by atoms with Gasteiger partial charge < -0.3 is 10.4 Å². The monoisotopic (exact) mass is 309 g/mol. The van der Waals surface area contributed by atoms with E-state index in [4.69, 9.17) is 16.7 Å². The first kappa shape index (κ1) is 16.3. The number of hydrogen-bond acceptors (Lipinski definition) is 2. The number of carbonyl (C=O) groups excluding carboxylic acids is 1. The molecule has 0 radical (unpaired) electrons. The Labute approximate surface area is 117 Å². The van der Waals surface area contributed by atoms with E-state index in [-0.39, 0.29) is 10.6 Å². The average molecular weight is 310 g/mol. The fraction of sp³-hybridized carbons (Fsp3) is 0.333. The van der Waals surface area contributed by atoms with Crippen LogP contribution in [-0.2, 0) is 4.79 Å². The van der Waals surface area contributed by atoms with E-state index in [1.165, 1.54) is 18.2 Å². The number of nitrogens with one attached hydrogen (secondary N) is 1. The van der Waals surface area contributed by atoms with E-state index >= 15 is 0 Å². The third-order valence-electron chi connectivity index (χ3n) is 2.51. The lowest BCUT2D eigenvalue weighted by atomic mass is 10.1. The van der Waals surface area contributed by atoms with Crippen LogP contribution in [0.25, 0.3) is 0 Å². The predicted molar refractivity (Wildman–Crippen MR) is 65.8 cm³/mol. The van der Waals surface area contributed by atoms with E-state index in [2.05, 4.69) is 0 Å². The molecule has 8 heteroatoms. The fourth-order valence-electron chi connectivity index (χ4n) is 1.40. The molecule has 20 heavy (non-hydrogen) atoms. The van der Waals surface area contributed by atoms with Gasteiger partial charge in [0.15, 0.2) is 0 Å². The number of benzene rings is 1. The highest BCUT2D eigenvalue weighted by Gasteiger charge is 2.42. The molecular formula is C12H11ClF3NO3. The summed E-state index contributed by atoms with van der Waals surface area (Å²) in [6.07, 6.45) is -6.09. The maximum absolute atomic E-state index is 12.6. The van der Waals surface area contributed by atoms with Crippen LogP contribution in [0.5, 0.6) is 0 Å². The van der Waals surface area contributed by atoms with Gasteiger partial charge in [-0.05, 0) is 24.6 Å². The number of carboxylic acid groups (broad SMARTS) is 1. The van der Waals surface area contributed by atoms with Crippen molar-refractivity contribution in [3.8, 4) is 0 Å². The Morgan fingerprint density at radius 3 is 2.45 bits per heavy atom. The molecule has 0 fully saturated rings. The number of carboxylic acids is 1. The molecule has 1 atom stereocenters. The van der Waals surface area contributed by atoms with E-state index in [0.717, 1.165) is 0 Å². The largest absolute Gasteiger partial charge is 0.481 e. The summed E-state index contributed by atoms with van der Waals surface area (Å²) in [5.41, 5.74) is 0.598. The Hall–Kier alpha value is -1.76. The van der Waals surface area contributed by atoms with E-state index in [0.29, 0.717) is 5.56 Å². The van der Waals surface area contributed by atoms with Crippen molar-refractivity contribution in [2.24, 2.45) is 0 Å². The van der Waals surface area contributed by atoms with Crippen molar-refractivity contribution in [1.29, 1.82) is 0 Å². The summed E-state index contributed by atoms with van der Waals surface area (Å²) in [5, 5.41) is 10.3. The van der Waals surface area contributed by atoms with Crippen LogP contribution < -0.4 is 5.32 Å². The van der Waals surface area contributed by atoms with Crippen molar-refractivity contribution >= 4 is 23.5 Å². The van der Waals surface area contributed by atoms with Crippen LogP contribution in [0.3, 0.4) is 0 Å².